The highest BCUT2D eigenvalue weighted by atomic mass is 32.1. The quantitative estimate of drug-likeness (QED) is 0.847. The summed E-state index contributed by atoms with van der Waals surface area (Å²) in [7, 11) is 0. The van der Waals surface area contributed by atoms with Crippen molar-refractivity contribution in [2.45, 2.75) is 38.3 Å². The van der Waals surface area contributed by atoms with E-state index in [2.05, 4.69) is 36.2 Å². The molecule has 1 amide bonds. The molecule has 0 unspecified atom stereocenters. The minimum atomic E-state index is 0.0554. The number of benzene rings is 1. The number of thiazole rings is 1. The fourth-order valence-corrected chi connectivity index (χ4v) is 4.33. The van der Waals surface area contributed by atoms with Crippen LogP contribution in [0.5, 0.6) is 0 Å². The highest BCUT2D eigenvalue weighted by molar-refractivity contribution is 7.13. The number of aromatic nitrogens is 1. The number of rotatable bonds is 2. The van der Waals surface area contributed by atoms with Crippen LogP contribution < -0.4 is 0 Å². The molecule has 120 valence electrons. The molecular weight excluding hydrogens is 308 g/mol. The number of aryl methyl sites for hydroxylation is 1. The lowest BCUT2D eigenvalue weighted by molar-refractivity contribution is -0.0447. The van der Waals surface area contributed by atoms with E-state index in [-0.39, 0.29) is 18.1 Å². The van der Waals surface area contributed by atoms with Crippen molar-refractivity contribution in [1.82, 2.24) is 9.88 Å². The van der Waals surface area contributed by atoms with Crippen molar-refractivity contribution in [3.05, 3.63) is 40.9 Å². The summed E-state index contributed by atoms with van der Waals surface area (Å²) < 4.78 is 5.79. The first-order valence-electron chi connectivity index (χ1n) is 8.17. The second-order valence-corrected chi connectivity index (χ2v) is 7.17. The van der Waals surface area contributed by atoms with Gasteiger partial charge in [0.15, 0.2) is 0 Å². The van der Waals surface area contributed by atoms with Crippen LogP contribution in [0.25, 0.3) is 10.6 Å². The smallest absolute Gasteiger partial charge is 0.273 e. The number of ether oxygens (including phenoxy) is 1. The molecule has 1 aliphatic carbocycles. The Balaban J connectivity index is 1.56. The van der Waals surface area contributed by atoms with E-state index in [1.54, 1.807) is 0 Å². The van der Waals surface area contributed by atoms with E-state index < -0.39 is 0 Å². The van der Waals surface area contributed by atoms with Crippen LogP contribution in [0.2, 0.25) is 0 Å². The van der Waals surface area contributed by atoms with Gasteiger partial charge in [0.25, 0.3) is 5.91 Å². The maximum Gasteiger partial charge on any atom is 0.273 e. The monoisotopic (exact) mass is 328 g/mol. The minimum absolute atomic E-state index is 0.0554. The zero-order valence-electron chi connectivity index (χ0n) is 13.2. The lowest BCUT2D eigenvalue weighted by Crippen LogP contribution is -2.51. The van der Waals surface area contributed by atoms with Crippen LogP contribution in [0.15, 0.2) is 29.6 Å². The Bertz CT molecular complexity index is 710. The molecule has 1 saturated carbocycles. The number of hydrogen-bond acceptors (Lipinski definition) is 4. The molecule has 2 aliphatic rings. The summed E-state index contributed by atoms with van der Waals surface area (Å²) in [6, 6.07) is 8.50. The van der Waals surface area contributed by atoms with Gasteiger partial charge in [-0.25, -0.2) is 4.98 Å². The van der Waals surface area contributed by atoms with Crippen LogP contribution in [0.4, 0.5) is 0 Å². The Morgan fingerprint density at radius 1 is 1.30 bits per heavy atom. The lowest BCUT2D eigenvalue weighted by atomic mass is 10.1. The maximum atomic E-state index is 12.9. The Labute approximate surface area is 140 Å². The predicted octanol–water partition coefficient (Wildman–Crippen LogP) is 3.51. The molecule has 1 aromatic carbocycles. The topological polar surface area (TPSA) is 42.4 Å². The lowest BCUT2D eigenvalue weighted by Gasteiger charge is -2.37. The maximum absolute atomic E-state index is 12.9. The number of amides is 1. The Morgan fingerprint density at radius 3 is 2.96 bits per heavy atom. The number of carbonyl (C=O) groups is 1. The van der Waals surface area contributed by atoms with Gasteiger partial charge in [0.1, 0.15) is 10.7 Å². The summed E-state index contributed by atoms with van der Waals surface area (Å²) in [5.74, 6) is 0.0554. The van der Waals surface area contributed by atoms with Gasteiger partial charge < -0.3 is 9.64 Å². The van der Waals surface area contributed by atoms with Crippen molar-refractivity contribution in [3.8, 4) is 10.6 Å². The molecule has 1 aliphatic heterocycles. The molecule has 1 aromatic heterocycles. The zero-order chi connectivity index (χ0) is 15.8. The van der Waals surface area contributed by atoms with E-state index >= 15 is 0 Å². The fraction of sp³-hybridized carbons (Fsp3) is 0.444. The number of nitrogens with zero attached hydrogens (tertiary/aromatic N) is 2. The van der Waals surface area contributed by atoms with Crippen molar-refractivity contribution < 1.29 is 9.53 Å². The first-order chi connectivity index (χ1) is 11.2. The minimum Gasteiger partial charge on any atom is -0.374 e. The standard InChI is InChI=1S/C18H20N2O2S/c1-12-5-7-13(8-6-12)17-19-14(11-23-17)18(21)20-9-10-22-16-4-2-3-15(16)20/h5-8,11,15-16H,2-4,9-10H2,1H3/t15-,16+/m1/s1. The van der Waals surface area contributed by atoms with E-state index in [4.69, 9.17) is 4.74 Å². The molecule has 0 spiro atoms. The van der Waals surface area contributed by atoms with Gasteiger partial charge in [-0.05, 0) is 26.2 Å². The Hall–Kier alpha value is -1.72. The van der Waals surface area contributed by atoms with E-state index in [0.717, 1.165) is 29.8 Å². The third-order valence-electron chi connectivity index (χ3n) is 4.76. The molecular formula is C18H20N2O2S. The van der Waals surface area contributed by atoms with Crippen LogP contribution in [0.3, 0.4) is 0 Å². The van der Waals surface area contributed by atoms with Gasteiger partial charge in [0, 0.05) is 17.5 Å². The van der Waals surface area contributed by atoms with E-state index in [9.17, 15) is 4.79 Å². The zero-order valence-corrected chi connectivity index (χ0v) is 14.0. The van der Waals surface area contributed by atoms with Crippen molar-refractivity contribution in [2.75, 3.05) is 13.2 Å². The van der Waals surface area contributed by atoms with Gasteiger partial charge in [-0.3, -0.25) is 4.79 Å². The first-order valence-corrected chi connectivity index (χ1v) is 9.05. The van der Waals surface area contributed by atoms with Gasteiger partial charge in [0.05, 0.1) is 18.8 Å². The molecule has 4 rings (SSSR count). The van der Waals surface area contributed by atoms with E-state index in [1.165, 1.54) is 16.9 Å². The van der Waals surface area contributed by atoms with Crippen molar-refractivity contribution in [3.63, 3.8) is 0 Å². The molecule has 0 radical (unpaired) electrons. The normalized spacial score (nSPS) is 23.8. The third kappa shape index (κ3) is 2.79. The largest absolute Gasteiger partial charge is 0.374 e. The van der Waals surface area contributed by atoms with E-state index in [1.807, 2.05) is 10.3 Å². The molecule has 5 heteroatoms. The predicted molar refractivity (Wildman–Crippen MR) is 90.7 cm³/mol. The second-order valence-electron chi connectivity index (χ2n) is 6.31. The van der Waals surface area contributed by atoms with Crippen molar-refractivity contribution in [2.24, 2.45) is 0 Å². The molecule has 2 atom stereocenters. The van der Waals surface area contributed by atoms with E-state index in [0.29, 0.717) is 18.8 Å². The molecule has 1 saturated heterocycles. The second kappa shape index (κ2) is 6.06. The summed E-state index contributed by atoms with van der Waals surface area (Å²) in [5, 5.41) is 2.79. The molecule has 0 bridgehead atoms. The molecule has 23 heavy (non-hydrogen) atoms. The molecule has 2 heterocycles. The van der Waals surface area contributed by atoms with Gasteiger partial charge in [-0.15, -0.1) is 11.3 Å². The average Bonchev–Trinajstić information content (AvgIpc) is 3.23. The number of carbonyl (C=O) groups excluding carboxylic acids is 1. The number of hydrogen-bond donors (Lipinski definition) is 0. The molecule has 2 aromatic rings. The molecule has 2 fully saturated rings. The summed E-state index contributed by atoms with van der Waals surface area (Å²) in [5.41, 5.74) is 2.86. The molecule has 0 N–H and O–H groups in total. The van der Waals surface area contributed by atoms with Crippen LogP contribution in [0.1, 0.15) is 35.3 Å². The molecule has 4 nitrogen and oxygen atoms in total. The number of fused-ring (bicyclic) bond motifs is 1. The summed E-state index contributed by atoms with van der Waals surface area (Å²) >= 11 is 1.54. The van der Waals surface area contributed by atoms with Gasteiger partial charge in [-0.1, -0.05) is 29.8 Å². The van der Waals surface area contributed by atoms with Crippen LogP contribution >= 0.6 is 11.3 Å². The van der Waals surface area contributed by atoms with Crippen LogP contribution in [0, 0.1) is 6.92 Å². The SMILES string of the molecule is Cc1ccc(-c2nc(C(=O)N3CCO[C@H]4CCC[C@H]43)cs2)cc1. The third-order valence-corrected chi connectivity index (χ3v) is 5.66. The van der Waals surface area contributed by atoms with Gasteiger partial charge >= 0.3 is 0 Å². The average molecular weight is 328 g/mol. The van der Waals surface area contributed by atoms with Gasteiger partial charge in [0.2, 0.25) is 0 Å². The summed E-state index contributed by atoms with van der Waals surface area (Å²) in [6.45, 7) is 3.39. The Morgan fingerprint density at radius 2 is 2.13 bits per heavy atom. The van der Waals surface area contributed by atoms with Crippen LogP contribution in [-0.2, 0) is 4.74 Å². The summed E-state index contributed by atoms with van der Waals surface area (Å²) in [4.78, 5) is 19.4. The first kappa shape index (κ1) is 14.8. The van der Waals surface area contributed by atoms with Crippen molar-refractivity contribution >= 4 is 17.2 Å². The highest BCUT2D eigenvalue weighted by Crippen LogP contribution is 2.31. The number of morpholine rings is 1. The van der Waals surface area contributed by atoms with Crippen molar-refractivity contribution in [1.29, 1.82) is 0 Å². The Kier molecular flexibility index (Phi) is 3.91. The van der Waals surface area contributed by atoms with Crippen LogP contribution in [-0.4, -0.2) is 41.1 Å². The highest BCUT2D eigenvalue weighted by Gasteiger charge is 2.39. The summed E-state index contributed by atoms with van der Waals surface area (Å²) in [6.07, 6.45) is 3.49. The van der Waals surface area contributed by atoms with Gasteiger partial charge in [-0.2, -0.15) is 0 Å². The fourth-order valence-electron chi connectivity index (χ4n) is 3.53.